The maximum atomic E-state index is 14.6. The lowest BCUT2D eigenvalue weighted by molar-refractivity contribution is -0.138. The molecule has 3 heterocycles. The fraction of sp³-hybridized carbons (Fsp3) is 0.407. The zero-order chi connectivity index (χ0) is 47.5. The molecule has 2 aromatic heterocycles. The van der Waals surface area contributed by atoms with Crippen LogP contribution in [0.4, 0.5) is 4.79 Å². The number of alkyl carbamates (subject to hydrolysis) is 1. The van der Waals surface area contributed by atoms with Crippen LogP contribution in [0, 0.1) is 29.6 Å². The third kappa shape index (κ3) is 8.33. The summed E-state index contributed by atoms with van der Waals surface area (Å²) in [6, 6.07) is 28.5. The molecular formula is C54H60N8O6. The first-order chi connectivity index (χ1) is 32.8. The molecule has 2 saturated carbocycles. The average molecular weight is 917 g/mol. The molecule has 3 fully saturated rings. The van der Waals surface area contributed by atoms with Crippen LogP contribution in [0.2, 0.25) is 0 Å². The Kier molecular flexibility index (Phi) is 11.9. The van der Waals surface area contributed by atoms with Gasteiger partial charge in [0, 0.05) is 42.3 Å². The number of carbonyl (C=O) groups is 4. The normalized spacial score (nSPS) is 21.6. The number of hydrogen-bond donors (Lipinski definition) is 4. The van der Waals surface area contributed by atoms with Crippen LogP contribution in [0.3, 0.4) is 0 Å². The number of rotatable bonds is 14. The largest absolute Gasteiger partial charge is 0.453 e. The monoisotopic (exact) mass is 916 g/mol. The lowest BCUT2D eigenvalue weighted by Gasteiger charge is -2.34. The zero-order valence-electron chi connectivity index (χ0n) is 39.7. The van der Waals surface area contributed by atoms with Gasteiger partial charge in [0.1, 0.15) is 23.7 Å². The van der Waals surface area contributed by atoms with Gasteiger partial charge >= 0.3 is 6.09 Å². The number of amides is 4. The van der Waals surface area contributed by atoms with E-state index in [1.807, 2.05) is 67.0 Å². The predicted molar refractivity (Wildman–Crippen MR) is 262 cm³/mol. The first-order valence-corrected chi connectivity index (χ1v) is 24.0. The lowest BCUT2D eigenvalue weighted by Crippen LogP contribution is -2.53. The fourth-order valence-electron chi connectivity index (χ4n) is 10.6. The summed E-state index contributed by atoms with van der Waals surface area (Å²) in [6.45, 7) is 11.2. The van der Waals surface area contributed by atoms with Crippen molar-refractivity contribution in [2.24, 2.45) is 29.6 Å². The van der Waals surface area contributed by atoms with Crippen LogP contribution in [0.5, 0.6) is 0 Å². The number of ether oxygens (including phenoxy) is 2. The Bertz CT molecular complexity index is 3060. The second-order valence-corrected chi connectivity index (χ2v) is 19.7. The molecule has 7 aromatic rings. The molecule has 3 aliphatic rings. The van der Waals surface area contributed by atoms with E-state index in [0.29, 0.717) is 43.1 Å². The molecule has 1 unspecified atom stereocenters. The van der Waals surface area contributed by atoms with Gasteiger partial charge in [-0.25, -0.2) is 14.8 Å². The van der Waals surface area contributed by atoms with Crippen molar-refractivity contribution in [2.45, 2.75) is 84.1 Å². The molecule has 14 nitrogen and oxygen atoms in total. The molecule has 4 N–H and O–H groups in total. The SMILES string of the molecule is COC[C@H]1C[C@@H](c2nc3c(ccc4cc(-c5ccc6c(ccc7[nH]c([C@H](C)N(C(=O)[C@@H](NC(=O)OC)C(C)C)C8[C@@H](C)[C@H]8C)nc76)c5)ccc43)[nH]2)N(C(=O)[C@H](NC(=O)C2CC2)c2ccccc2)C1. The number of imidazole rings is 2. The zero-order valence-corrected chi connectivity index (χ0v) is 39.7. The van der Waals surface area contributed by atoms with Crippen molar-refractivity contribution in [3.63, 3.8) is 0 Å². The highest BCUT2D eigenvalue weighted by Crippen LogP contribution is 2.46. The van der Waals surface area contributed by atoms with E-state index in [9.17, 15) is 19.2 Å². The molecule has 68 heavy (non-hydrogen) atoms. The van der Waals surface area contributed by atoms with Crippen LogP contribution in [-0.2, 0) is 23.9 Å². The fourth-order valence-corrected chi connectivity index (χ4v) is 10.6. The summed E-state index contributed by atoms with van der Waals surface area (Å²) in [6.07, 6.45) is 1.75. The molecule has 1 aliphatic heterocycles. The highest BCUT2D eigenvalue weighted by Gasteiger charge is 2.52. The number of aromatic nitrogens is 4. The van der Waals surface area contributed by atoms with Crippen molar-refractivity contribution in [3.05, 3.63) is 108 Å². The Balaban J connectivity index is 0.926. The molecule has 0 spiro atoms. The number of H-pyrrole nitrogens is 2. The second kappa shape index (κ2) is 18.0. The van der Waals surface area contributed by atoms with E-state index in [4.69, 9.17) is 19.4 Å². The number of nitrogens with one attached hydrogen (secondary N) is 4. The first-order valence-electron chi connectivity index (χ1n) is 24.0. The van der Waals surface area contributed by atoms with E-state index in [-0.39, 0.29) is 53.6 Å². The van der Waals surface area contributed by atoms with Crippen LogP contribution >= 0.6 is 0 Å². The molecule has 1 saturated heterocycles. The van der Waals surface area contributed by atoms with Gasteiger partial charge in [-0.1, -0.05) is 94.4 Å². The molecule has 4 amide bonds. The summed E-state index contributed by atoms with van der Waals surface area (Å²) < 4.78 is 10.5. The highest BCUT2D eigenvalue weighted by atomic mass is 16.5. The van der Waals surface area contributed by atoms with E-state index in [1.165, 1.54) is 7.11 Å². The van der Waals surface area contributed by atoms with Gasteiger partial charge in [0.05, 0.1) is 47.9 Å². The third-order valence-electron chi connectivity index (χ3n) is 14.9. The summed E-state index contributed by atoms with van der Waals surface area (Å²) >= 11 is 0. The summed E-state index contributed by atoms with van der Waals surface area (Å²) in [4.78, 5) is 75.5. The summed E-state index contributed by atoms with van der Waals surface area (Å²) in [5.41, 5.74) is 6.31. The quantitative estimate of drug-likeness (QED) is 0.0836. The van der Waals surface area contributed by atoms with Crippen molar-refractivity contribution in [3.8, 4) is 11.1 Å². The maximum absolute atomic E-state index is 14.6. The van der Waals surface area contributed by atoms with Gasteiger partial charge in [-0.15, -0.1) is 0 Å². The Morgan fingerprint density at radius 1 is 0.794 bits per heavy atom. The smallest absolute Gasteiger partial charge is 0.407 e. The number of methoxy groups -OCH3 is 2. The van der Waals surface area contributed by atoms with Crippen LogP contribution in [0.15, 0.2) is 91.0 Å². The Hall–Kier alpha value is -6.80. The molecule has 14 heteroatoms. The first kappa shape index (κ1) is 45.0. The van der Waals surface area contributed by atoms with Crippen molar-refractivity contribution in [1.82, 2.24) is 40.4 Å². The number of nitrogens with zero attached hydrogens (tertiary/aromatic N) is 4. The van der Waals surface area contributed by atoms with Crippen molar-refractivity contribution in [2.75, 3.05) is 27.4 Å². The number of likely N-dealkylation sites (tertiary alicyclic amines) is 1. The van der Waals surface area contributed by atoms with E-state index >= 15 is 0 Å². The number of carbonyl (C=O) groups excluding carboxylic acids is 4. The van der Waals surface area contributed by atoms with Crippen LogP contribution in [0.25, 0.3) is 54.7 Å². The Labute approximate surface area is 395 Å². The average Bonchev–Trinajstić information content (AvgIpc) is 4.06. The number of hydrogen-bond acceptors (Lipinski definition) is 8. The van der Waals surface area contributed by atoms with Gasteiger partial charge in [-0.05, 0) is 95.7 Å². The van der Waals surface area contributed by atoms with E-state index in [0.717, 1.165) is 73.1 Å². The molecule has 0 radical (unpaired) electrons. The lowest BCUT2D eigenvalue weighted by atomic mass is 9.98. The van der Waals surface area contributed by atoms with Gasteiger partial charge in [0.15, 0.2) is 0 Å². The molecule has 352 valence electrons. The second-order valence-electron chi connectivity index (χ2n) is 19.7. The Morgan fingerprint density at radius 2 is 1.43 bits per heavy atom. The Morgan fingerprint density at radius 3 is 2.01 bits per heavy atom. The van der Waals surface area contributed by atoms with Gasteiger partial charge in [-0.2, -0.15) is 0 Å². The summed E-state index contributed by atoms with van der Waals surface area (Å²) in [5.74, 6) is 1.59. The van der Waals surface area contributed by atoms with Gasteiger partial charge < -0.3 is 39.9 Å². The van der Waals surface area contributed by atoms with Gasteiger partial charge in [0.25, 0.3) is 0 Å². The molecular weight excluding hydrogens is 857 g/mol. The van der Waals surface area contributed by atoms with Crippen LogP contribution in [-0.4, -0.2) is 93.0 Å². The van der Waals surface area contributed by atoms with Gasteiger partial charge in [0.2, 0.25) is 17.7 Å². The minimum absolute atomic E-state index is 0.0205. The number of benzene rings is 5. The van der Waals surface area contributed by atoms with Crippen LogP contribution in [0.1, 0.15) is 89.2 Å². The van der Waals surface area contributed by atoms with Gasteiger partial charge in [-0.3, -0.25) is 14.4 Å². The van der Waals surface area contributed by atoms with E-state index in [2.05, 4.69) is 89.0 Å². The molecule has 5 aromatic carbocycles. The molecule has 10 rings (SSSR count). The summed E-state index contributed by atoms with van der Waals surface area (Å²) in [5, 5.41) is 9.94. The molecule has 0 bridgehead atoms. The predicted octanol–water partition coefficient (Wildman–Crippen LogP) is 9.14. The minimum atomic E-state index is -0.798. The van der Waals surface area contributed by atoms with E-state index in [1.54, 1.807) is 7.11 Å². The minimum Gasteiger partial charge on any atom is -0.453 e. The third-order valence-corrected chi connectivity index (χ3v) is 14.9. The number of aromatic amines is 2. The van der Waals surface area contributed by atoms with Crippen molar-refractivity contribution in [1.29, 1.82) is 0 Å². The van der Waals surface area contributed by atoms with Crippen molar-refractivity contribution < 1.29 is 28.7 Å². The molecule has 8 atom stereocenters. The highest BCUT2D eigenvalue weighted by molar-refractivity contribution is 6.07. The molecule has 2 aliphatic carbocycles. The number of fused-ring (bicyclic) bond motifs is 6. The summed E-state index contributed by atoms with van der Waals surface area (Å²) in [7, 11) is 2.99. The van der Waals surface area contributed by atoms with Crippen molar-refractivity contribution >= 4 is 67.4 Å². The topological polar surface area (TPSA) is 175 Å². The van der Waals surface area contributed by atoms with E-state index < -0.39 is 18.2 Å². The maximum Gasteiger partial charge on any atom is 0.407 e. The van der Waals surface area contributed by atoms with Crippen LogP contribution < -0.4 is 10.6 Å². The standard InChI is InChI=1S/C54H60N8O6/c1-28(2)44(60-54(66)68-7)53(65)62(48-29(3)30(48)4)31(5)49-55-41-21-17-37-24-35(15-19-39(37)46(41)57-49)36-16-20-40-38(25-36)18-22-42-47(40)58-50(56-42)43-23-32(27-67-6)26-61(43)52(64)45(33-11-9-8-10-12-33)59-51(63)34-13-14-34/h8-12,15-22,24-25,28-32,34,43-45,48H,13-14,23,26-27H2,1-7H3,(H,55,57)(H,56,58)(H,59,63)(H,60,66)/t29-,30+,31-,32-,43-,44-,45+,48?/m0/s1.